The van der Waals surface area contributed by atoms with Crippen molar-refractivity contribution >= 4 is 28.7 Å². The Hall–Kier alpha value is -2.08. The summed E-state index contributed by atoms with van der Waals surface area (Å²) in [7, 11) is 1.19. The van der Waals surface area contributed by atoms with E-state index in [-0.39, 0.29) is 5.88 Å². The van der Waals surface area contributed by atoms with Crippen LogP contribution in [0, 0.1) is 5.82 Å². The van der Waals surface area contributed by atoms with Gasteiger partial charge >= 0.3 is 6.16 Å². The minimum atomic E-state index is -0.893. The molecular weight excluding hydrogens is 301 g/mol. The average molecular weight is 314 g/mol. The monoisotopic (exact) mass is 313 g/mol. The largest absolute Gasteiger partial charge is 0.514 e. The molecule has 0 fully saturated rings. The topological polar surface area (TPSA) is 57.7 Å². The van der Waals surface area contributed by atoms with Crippen LogP contribution in [0.15, 0.2) is 24.3 Å². The Kier molecular flexibility index (Phi) is 5.16. The Labute approximate surface area is 125 Å². The molecule has 0 saturated carbocycles. The molecule has 2 aromatic rings. The minimum Gasteiger partial charge on any atom is -0.493 e. The van der Waals surface area contributed by atoms with Crippen LogP contribution in [0.1, 0.15) is 6.42 Å². The third kappa shape index (κ3) is 3.95. The molecular formula is C14H13ClFNO4. The van der Waals surface area contributed by atoms with Crippen molar-refractivity contribution in [1.29, 1.82) is 0 Å². The van der Waals surface area contributed by atoms with Gasteiger partial charge in [0.05, 0.1) is 19.2 Å². The van der Waals surface area contributed by atoms with Gasteiger partial charge < -0.3 is 14.2 Å². The van der Waals surface area contributed by atoms with Gasteiger partial charge in [0.25, 0.3) is 0 Å². The van der Waals surface area contributed by atoms with E-state index in [0.717, 1.165) is 0 Å². The van der Waals surface area contributed by atoms with Crippen molar-refractivity contribution in [2.75, 3.05) is 19.6 Å². The number of benzene rings is 1. The Morgan fingerprint density at radius 3 is 2.90 bits per heavy atom. The molecule has 0 saturated heterocycles. The maximum atomic E-state index is 13.4. The quantitative estimate of drug-likeness (QED) is 0.480. The summed E-state index contributed by atoms with van der Waals surface area (Å²) in [5.74, 6) is 0.418. The molecule has 112 valence electrons. The fourth-order valence-corrected chi connectivity index (χ4v) is 1.79. The molecule has 1 aromatic carbocycles. The summed E-state index contributed by atoms with van der Waals surface area (Å²) in [5.41, 5.74) is 0.443. The van der Waals surface area contributed by atoms with Crippen molar-refractivity contribution in [2.24, 2.45) is 0 Å². The van der Waals surface area contributed by atoms with E-state index in [1.54, 1.807) is 0 Å². The molecule has 1 heterocycles. The van der Waals surface area contributed by atoms with Crippen LogP contribution < -0.4 is 9.47 Å². The lowest BCUT2D eigenvalue weighted by molar-refractivity contribution is 0.119. The number of rotatable bonds is 5. The van der Waals surface area contributed by atoms with Crippen molar-refractivity contribution in [3.63, 3.8) is 0 Å². The van der Waals surface area contributed by atoms with Gasteiger partial charge in [-0.05, 0) is 24.6 Å². The van der Waals surface area contributed by atoms with E-state index >= 15 is 0 Å². The predicted octanol–water partition coefficient (Wildman–Crippen LogP) is 3.53. The van der Waals surface area contributed by atoms with Crippen molar-refractivity contribution in [2.45, 2.75) is 6.42 Å². The highest BCUT2D eigenvalue weighted by atomic mass is 35.5. The molecule has 0 spiro atoms. The van der Waals surface area contributed by atoms with Gasteiger partial charge in [0.1, 0.15) is 11.6 Å². The Morgan fingerprint density at radius 2 is 2.19 bits per heavy atom. The summed E-state index contributed by atoms with van der Waals surface area (Å²) in [6.45, 7) is 0.358. The van der Waals surface area contributed by atoms with Crippen molar-refractivity contribution in [1.82, 2.24) is 4.98 Å². The molecule has 0 aliphatic heterocycles. The first kappa shape index (κ1) is 15.3. The molecule has 0 unspecified atom stereocenters. The summed E-state index contributed by atoms with van der Waals surface area (Å²) < 4.78 is 28.2. The predicted molar refractivity (Wildman–Crippen MR) is 75.6 cm³/mol. The number of hydrogen-bond donors (Lipinski definition) is 0. The molecule has 5 nitrogen and oxygen atoms in total. The highest BCUT2D eigenvalue weighted by molar-refractivity contribution is 6.17. The van der Waals surface area contributed by atoms with Gasteiger partial charge in [0.2, 0.25) is 5.88 Å². The number of alkyl halides is 1. The van der Waals surface area contributed by atoms with E-state index in [9.17, 15) is 9.18 Å². The van der Waals surface area contributed by atoms with Gasteiger partial charge in [-0.25, -0.2) is 14.2 Å². The fourth-order valence-electron chi connectivity index (χ4n) is 1.68. The molecule has 2 rings (SSSR count). The van der Waals surface area contributed by atoms with E-state index < -0.39 is 12.0 Å². The number of halogens is 2. The van der Waals surface area contributed by atoms with Crippen LogP contribution in [-0.2, 0) is 4.74 Å². The van der Waals surface area contributed by atoms with Gasteiger partial charge in [-0.1, -0.05) is 0 Å². The minimum absolute atomic E-state index is 0.0156. The Morgan fingerprint density at radius 1 is 1.38 bits per heavy atom. The standard InChI is InChI=1S/C14H13ClFNO4/c1-19-14(18)21-13-8-12(20-6-2-5-15)10-7-9(16)3-4-11(10)17-13/h3-4,7-8H,2,5-6H2,1H3. The second-order valence-corrected chi connectivity index (χ2v) is 4.45. The van der Waals surface area contributed by atoms with E-state index in [2.05, 4.69) is 9.72 Å². The van der Waals surface area contributed by atoms with Crippen LogP contribution >= 0.6 is 11.6 Å². The fraction of sp³-hybridized carbons (Fsp3) is 0.286. The highest BCUT2D eigenvalue weighted by Gasteiger charge is 2.12. The van der Waals surface area contributed by atoms with Crippen LogP contribution in [0.25, 0.3) is 10.9 Å². The number of fused-ring (bicyclic) bond motifs is 1. The van der Waals surface area contributed by atoms with Gasteiger partial charge in [0, 0.05) is 17.3 Å². The zero-order valence-corrected chi connectivity index (χ0v) is 12.0. The summed E-state index contributed by atoms with van der Waals surface area (Å²) in [4.78, 5) is 15.2. The molecule has 7 heteroatoms. The SMILES string of the molecule is COC(=O)Oc1cc(OCCCCl)c2cc(F)ccc2n1. The van der Waals surface area contributed by atoms with Crippen LogP contribution in [-0.4, -0.2) is 30.7 Å². The van der Waals surface area contributed by atoms with Crippen molar-refractivity contribution in [3.8, 4) is 11.6 Å². The number of carbonyl (C=O) groups is 1. The highest BCUT2D eigenvalue weighted by Crippen LogP contribution is 2.29. The van der Waals surface area contributed by atoms with Gasteiger partial charge in [0.15, 0.2) is 0 Å². The van der Waals surface area contributed by atoms with Gasteiger partial charge in [-0.3, -0.25) is 0 Å². The first-order valence-electron chi connectivity index (χ1n) is 6.19. The smallest absolute Gasteiger partial charge is 0.493 e. The van der Waals surface area contributed by atoms with Crippen LogP contribution in [0.4, 0.5) is 9.18 Å². The lowest BCUT2D eigenvalue weighted by Gasteiger charge is -2.10. The molecule has 0 aliphatic rings. The molecule has 0 amide bonds. The van der Waals surface area contributed by atoms with Gasteiger partial charge in [-0.15, -0.1) is 11.6 Å². The zero-order valence-electron chi connectivity index (χ0n) is 11.3. The van der Waals surface area contributed by atoms with E-state index in [0.29, 0.717) is 35.6 Å². The molecule has 0 atom stereocenters. The third-order valence-corrected chi connectivity index (χ3v) is 2.87. The second-order valence-electron chi connectivity index (χ2n) is 4.07. The number of pyridine rings is 1. The maximum absolute atomic E-state index is 13.4. The van der Waals surface area contributed by atoms with Crippen LogP contribution in [0.3, 0.4) is 0 Å². The van der Waals surface area contributed by atoms with Gasteiger partial charge in [-0.2, -0.15) is 0 Å². The Balaban J connectivity index is 2.39. The normalized spacial score (nSPS) is 10.4. The Bertz CT molecular complexity index is 650. The molecule has 0 radical (unpaired) electrons. The number of aromatic nitrogens is 1. The third-order valence-electron chi connectivity index (χ3n) is 2.60. The number of ether oxygens (including phenoxy) is 3. The van der Waals surface area contributed by atoms with E-state index in [1.807, 2.05) is 0 Å². The van der Waals surface area contributed by atoms with Crippen LogP contribution in [0.2, 0.25) is 0 Å². The second kappa shape index (κ2) is 7.08. The lowest BCUT2D eigenvalue weighted by atomic mass is 10.2. The summed E-state index contributed by atoms with van der Waals surface area (Å²) >= 11 is 5.59. The summed E-state index contributed by atoms with van der Waals surface area (Å²) in [6, 6.07) is 5.45. The molecule has 0 N–H and O–H groups in total. The first-order chi connectivity index (χ1) is 10.1. The zero-order chi connectivity index (χ0) is 15.2. The summed E-state index contributed by atoms with van der Waals surface area (Å²) in [5, 5.41) is 0.488. The molecule has 0 aliphatic carbocycles. The number of carbonyl (C=O) groups excluding carboxylic acids is 1. The lowest BCUT2D eigenvalue weighted by Crippen LogP contribution is -2.09. The van der Waals surface area contributed by atoms with Crippen molar-refractivity contribution in [3.05, 3.63) is 30.1 Å². The molecule has 21 heavy (non-hydrogen) atoms. The number of nitrogens with zero attached hydrogens (tertiary/aromatic N) is 1. The summed E-state index contributed by atoms with van der Waals surface area (Å²) in [6.07, 6.45) is -0.260. The molecule has 1 aromatic heterocycles. The van der Waals surface area contributed by atoms with Crippen LogP contribution in [0.5, 0.6) is 11.6 Å². The first-order valence-corrected chi connectivity index (χ1v) is 6.72. The maximum Gasteiger partial charge on any atom is 0.514 e. The number of methoxy groups -OCH3 is 1. The van der Waals surface area contributed by atoms with E-state index in [4.69, 9.17) is 21.1 Å². The van der Waals surface area contributed by atoms with Crippen molar-refractivity contribution < 1.29 is 23.4 Å². The average Bonchev–Trinajstić information content (AvgIpc) is 2.48. The van der Waals surface area contributed by atoms with E-state index in [1.165, 1.54) is 31.4 Å². The molecule has 0 bridgehead atoms. The number of hydrogen-bond acceptors (Lipinski definition) is 5.